The zero-order chi connectivity index (χ0) is 20.1. The average molecular weight is 473 g/mol. The van der Waals surface area contributed by atoms with Crippen molar-refractivity contribution in [1.29, 1.82) is 0 Å². The van der Waals surface area contributed by atoms with Crippen LogP contribution in [-0.2, 0) is 4.74 Å². The maximum atomic E-state index is 5.83. The molecule has 154 valence electrons. The number of thiocarbonyl (C=S) groups is 1. The van der Waals surface area contributed by atoms with Crippen LogP contribution in [0.15, 0.2) is 59.1 Å². The number of nitrogens with one attached hydrogen (secondary N) is 1. The normalized spacial score (nSPS) is 24.5. The summed E-state index contributed by atoms with van der Waals surface area (Å²) in [6.07, 6.45) is 7.83. The number of halogens is 1. The van der Waals surface area contributed by atoms with E-state index in [-0.39, 0.29) is 0 Å². The predicted molar refractivity (Wildman–Crippen MR) is 128 cm³/mol. The molecule has 0 radical (unpaired) electrons. The van der Waals surface area contributed by atoms with Crippen LogP contribution in [0.3, 0.4) is 0 Å². The second-order valence-corrected chi connectivity index (χ2v) is 9.55. The average Bonchev–Trinajstić information content (AvgIpc) is 3.13. The summed E-state index contributed by atoms with van der Waals surface area (Å²) in [7, 11) is 0. The smallest absolute Gasteiger partial charge is 0.261 e. The van der Waals surface area contributed by atoms with E-state index in [0.717, 1.165) is 22.6 Å². The van der Waals surface area contributed by atoms with Crippen LogP contribution < -0.4 is 5.32 Å². The van der Waals surface area contributed by atoms with Crippen LogP contribution in [0.5, 0.6) is 0 Å². The first kappa shape index (κ1) is 20.8. The Morgan fingerprint density at radius 3 is 2.52 bits per heavy atom. The highest BCUT2D eigenvalue weighted by Gasteiger charge is 2.43. The van der Waals surface area contributed by atoms with Gasteiger partial charge in [-0.1, -0.05) is 46.3 Å². The van der Waals surface area contributed by atoms with Gasteiger partial charge in [-0.05, 0) is 93.0 Å². The zero-order valence-electron chi connectivity index (χ0n) is 16.8. The lowest BCUT2D eigenvalue weighted by molar-refractivity contribution is 0.0712. The van der Waals surface area contributed by atoms with Gasteiger partial charge in [0.05, 0.1) is 0 Å². The molecule has 1 saturated heterocycles. The molecule has 2 aliphatic rings. The minimum atomic E-state index is 0.384. The molecule has 2 fully saturated rings. The molecule has 0 aromatic heterocycles. The molecule has 1 saturated carbocycles. The van der Waals surface area contributed by atoms with Gasteiger partial charge in [-0.15, -0.1) is 0 Å². The summed E-state index contributed by atoms with van der Waals surface area (Å²) in [4.78, 5) is 2.68. The van der Waals surface area contributed by atoms with Crippen LogP contribution in [0.1, 0.15) is 50.0 Å². The molecule has 1 aliphatic heterocycles. The van der Waals surface area contributed by atoms with Gasteiger partial charge >= 0.3 is 0 Å². The van der Waals surface area contributed by atoms with E-state index in [1.54, 1.807) is 0 Å². The zero-order valence-corrected chi connectivity index (χ0v) is 19.2. The molecule has 4 rings (SSSR count). The lowest BCUT2D eigenvalue weighted by atomic mass is 9.73. The van der Waals surface area contributed by atoms with Gasteiger partial charge in [0, 0.05) is 22.2 Å². The van der Waals surface area contributed by atoms with Crippen molar-refractivity contribution in [1.82, 2.24) is 4.90 Å². The molecule has 5 heteroatoms. The van der Waals surface area contributed by atoms with Gasteiger partial charge in [0.1, 0.15) is 6.61 Å². The Balaban J connectivity index is 1.25. The highest BCUT2D eigenvalue weighted by Crippen LogP contribution is 2.46. The number of hydrogen-bond acceptors (Lipinski definition) is 3. The predicted octanol–water partition coefficient (Wildman–Crippen LogP) is 6.35. The van der Waals surface area contributed by atoms with Crippen LogP contribution in [0.4, 0.5) is 5.69 Å². The second-order valence-electron chi connectivity index (χ2n) is 8.27. The summed E-state index contributed by atoms with van der Waals surface area (Å²) in [5.41, 5.74) is 2.85. The van der Waals surface area contributed by atoms with E-state index in [4.69, 9.17) is 17.0 Å². The van der Waals surface area contributed by atoms with Gasteiger partial charge in [-0.3, -0.25) is 4.90 Å². The molecule has 1 N–H and O–H groups in total. The SMILES string of the molecule is S=C(Nc1ccc(Br)cc1)OCCN1CCCC12CCC(c1ccccc1)CC2. The Bertz CT molecular complexity index is 803. The fourth-order valence-electron chi connectivity index (χ4n) is 5.06. The minimum Gasteiger partial charge on any atom is -0.469 e. The summed E-state index contributed by atoms with van der Waals surface area (Å²) in [6.45, 7) is 2.79. The van der Waals surface area contributed by atoms with Crippen molar-refractivity contribution in [2.24, 2.45) is 0 Å². The number of anilines is 1. The van der Waals surface area contributed by atoms with Crippen molar-refractivity contribution >= 4 is 39.0 Å². The highest BCUT2D eigenvalue weighted by atomic mass is 79.9. The van der Waals surface area contributed by atoms with E-state index < -0.39 is 0 Å². The number of ether oxygens (including phenoxy) is 1. The van der Waals surface area contributed by atoms with Crippen LogP contribution in [0.25, 0.3) is 0 Å². The topological polar surface area (TPSA) is 24.5 Å². The molecule has 1 aliphatic carbocycles. The van der Waals surface area contributed by atoms with Crippen LogP contribution in [0, 0.1) is 0 Å². The molecule has 0 amide bonds. The Morgan fingerprint density at radius 2 is 1.79 bits per heavy atom. The van der Waals surface area contributed by atoms with Crippen LogP contribution in [0.2, 0.25) is 0 Å². The monoisotopic (exact) mass is 472 g/mol. The number of nitrogens with zero attached hydrogens (tertiary/aromatic N) is 1. The maximum absolute atomic E-state index is 5.83. The summed E-state index contributed by atoms with van der Waals surface area (Å²) >= 11 is 8.81. The molecule has 3 nitrogen and oxygen atoms in total. The third-order valence-electron chi connectivity index (χ3n) is 6.61. The van der Waals surface area contributed by atoms with E-state index >= 15 is 0 Å². The minimum absolute atomic E-state index is 0.384. The van der Waals surface area contributed by atoms with Gasteiger partial charge in [-0.2, -0.15) is 0 Å². The van der Waals surface area contributed by atoms with Crippen molar-refractivity contribution in [2.45, 2.75) is 50.0 Å². The molecule has 1 heterocycles. The molecule has 2 aromatic carbocycles. The summed E-state index contributed by atoms with van der Waals surface area (Å²) < 4.78 is 6.88. The van der Waals surface area contributed by atoms with Crippen molar-refractivity contribution in [2.75, 3.05) is 25.0 Å². The number of benzene rings is 2. The fourth-order valence-corrected chi connectivity index (χ4v) is 5.52. The lowest BCUT2D eigenvalue weighted by Gasteiger charge is -2.44. The number of hydrogen-bond donors (Lipinski definition) is 1. The third-order valence-corrected chi connectivity index (χ3v) is 7.36. The van der Waals surface area contributed by atoms with Crippen molar-refractivity contribution in [3.05, 3.63) is 64.6 Å². The first-order valence-corrected chi connectivity index (χ1v) is 11.8. The molecule has 0 atom stereocenters. The van der Waals surface area contributed by atoms with Gasteiger partial charge in [0.2, 0.25) is 0 Å². The number of rotatable bonds is 5. The van der Waals surface area contributed by atoms with Crippen molar-refractivity contribution in [3.63, 3.8) is 0 Å². The molecule has 2 aromatic rings. The molecule has 0 unspecified atom stereocenters. The Labute approximate surface area is 188 Å². The first-order valence-electron chi connectivity index (χ1n) is 10.6. The van der Waals surface area contributed by atoms with Gasteiger partial charge in [0.15, 0.2) is 0 Å². The fraction of sp³-hybridized carbons (Fsp3) is 0.458. The largest absolute Gasteiger partial charge is 0.469 e. The Morgan fingerprint density at radius 1 is 1.07 bits per heavy atom. The molecule has 29 heavy (non-hydrogen) atoms. The lowest BCUT2D eigenvalue weighted by Crippen LogP contribution is -2.47. The quantitative estimate of drug-likeness (QED) is 0.511. The maximum Gasteiger partial charge on any atom is 0.261 e. The molecule has 0 bridgehead atoms. The van der Waals surface area contributed by atoms with E-state index in [1.807, 2.05) is 24.3 Å². The standard InChI is InChI=1S/C24H29BrN2OS/c25-21-7-9-22(10-8-21)26-23(29)28-18-17-27-16-4-13-24(27)14-11-20(12-15-24)19-5-2-1-3-6-19/h1-3,5-10,20H,4,11-18H2,(H,26,29). The van der Waals surface area contributed by atoms with E-state index in [1.165, 1.54) is 50.6 Å². The summed E-state index contributed by atoms with van der Waals surface area (Å²) in [5.74, 6) is 0.725. The molecular formula is C24H29BrN2OS. The van der Waals surface area contributed by atoms with E-state index in [9.17, 15) is 0 Å². The van der Waals surface area contributed by atoms with Crippen molar-refractivity contribution in [3.8, 4) is 0 Å². The van der Waals surface area contributed by atoms with E-state index in [2.05, 4.69) is 56.5 Å². The first-order chi connectivity index (χ1) is 14.1. The molecular weight excluding hydrogens is 444 g/mol. The second kappa shape index (κ2) is 9.59. The van der Waals surface area contributed by atoms with Crippen LogP contribution >= 0.6 is 28.1 Å². The summed E-state index contributed by atoms with van der Waals surface area (Å²) in [6, 6.07) is 19.0. The highest BCUT2D eigenvalue weighted by molar-refractivity contribution is 9.10. The number of likely N-dealkylation sites (tertiary alicyclic amines) is 1. The summed E-state index contributed by atoms with van der Waals surface area (Å²) in [5, 5.41) is 3.61. The Hall–Kier alpha value is -1.43. The van der Waals surface area contributed by atoms with E-state index in [0.29, 0.717) is 17.3 Å². The van der Waals surface area contributed by atoms with Gasteiger partial charge < -0.3 is 10.1 Å². The van der Waals surface area contributed by atoms with Crippen molar-refractivity contribution < 1.29 is 4.74 Å². The Kier molecular flexibility index (Phi) is 6.88. The van der Waals surface area contributed by atoms with Gasteiger partial charge in [-0.25, -0.2) is 0 Å². The third kappa shape index (κ3) is 5.19. The molecule has 1 spiro atoms. The van der Waals surface area contributed by atoms with Gasteiger partial charge in [0.25, 0.3) is 5.17 Å². The van der Waals surface area contributed by atoms with Crippen LogP contribution in [-0.4, -0.2) is 35.3 Å².